The summed E-state index contributed by atoms with van der Waals surface area (Å²) in [6.45, 7) is 9.82. The zero-order valence-electron chi connectivity index (χ0n) is 16.3. The van der Waals surface area contributed by atoms with E-state index in [1.54, 1.807) is 4.90 Å². The van der Waals surface area contributed by atoms with E-state index < -0.39 is 0 Å². The molecule has 0 saturated carbocycles. The van der Waals surface area contributed by atoms with Crippen molar-refractivity contribution < 1.29 is 4.90 Å². The number of hydrazone groups is 1. The van der Waals surface area contributed by atoms with Crippen LogP contribution in [0.25, 0.3) is 10.8 Å². The average Bonchev–Trinajstić information content (AvgIpc) is 2.69. The maximum absolute atomic E-state index is 4.77. The highest BCUT2D eigenvalue weighted by molar-refractivity contribution is 5.99. The van der Waals surface area contributed by atoms with Crippen LogP contribution >= 0.6 is 0 Å². The summed E-state index contributed by atoms with van der Waals surface area (Å²) in [5, 5.41) is 9.52. The first kappa shape index (κ1) is 17.7. The van der Waals surface area contributed by atoms with Crippen molar-refractivity contribution in [2.24, 2.45) is 5.10 Å². The van der Waals surface area contributed by atoms with Gasteiger partial charge in [-0.15, -0.1) is 0 Å². The summed E-state index contributed by atoms with van der Waals surface area (Å²) in [6.07, 6.45) is 2.03. The molecular weight excluding hydrogens is 330 g/mol. The molecular formula is C24H28N3+. The monoisotopic (exact) mass is 358 g/mol. The highest BCUT2D eigenvalue weighted by Gasteiger charge is 2.19. The van der Waals surface area contributed by atoms with Gasteiger partial charge < -0.3 is 4.90 Å². The molecule has 3 heteroatoms. The van der Waals surface area contributed by atoms with Crippen LogP contribution in [0.5, 0.6) is 0 Å². The predicted molar refractivity (Wildman–Crippen MR) is 113 cm³/mol. The highest BCUT2D eigenvalue weighted by atomic mass is 15.5. The number of fused-ring (bicyclic) bond motifs is 1. The molecule has 1 N–H and O–H groups in total. The Labute approximate surface area is 161 Å². The fourth-order valence-electron chi connectivity index (χ4n) is 3.92. The van der Waals surface area contributed by atoms with Crippen LogP contribution in [-0.4, -0.2) is 37.4 Å². The molecule has 138 valence electrons. The van der Waals surface area contributed by atoms with Crippen LogP contribution in [0.2, 0.25) is 0 Å². The standard InChI is InChI=1S/C24H27N3/c1-19-10-11-23(20(2)16-19)18-26-12-14-27(15-13-26)25-17-22-8-5-7-21-6-3-4-9-24(21)22/h3-11,16-17H,12-15,18H2,1-2H3/p+1/b25-17+. The number of nitrogens with zero attached hydrogens (tertiary/aromatic N) is 2. The second kappa shape index (κ2) is 7.93. The molecule has 1 aliphatic rings. The Kier molecular flexibility index (Phi) is 5.21. The van der Waals surface area contributed by atoms with Crippen LogP contribution in [0.1, 0.15) is 22.3 Å². The summed E-state index contributed by atoms with van der Waals surface area (Å²) in [4.78, 5) is 1.65. The van der Waals surface area contributed by atoms with Crippen LogP contribution in [0.3, 0.4) is 0 Å². The average molecular weight is 359 g/mol. The van der Waals surface area contributed by atoms with Crippen LogP contribution < -0.4 is 4.90 Å². The van der Waals surface area contributed by atoms with Gasteiger partial charge in [0.05, 0.1) is 32.4 Å². The Morgan fingerprint density at radius 3 is 2.56 bits per heavy atom. The number of rotatable bonds is 4. The molecule has 0 spiro atoms. The minimum absolute atomic E-state index is 1.02. The van der Waals surface area contributed by atoms with E-state index in [2.05, 4.69) is 79.5 Å². The van der Waals surface area contributed by atoms with E-state index in [1.807, 2.05) is 6.21 Å². The normalized spacial score (nSPS) is 15.7. The molecule has 1 fully saturated rings. The maximum Gasteiger partial charge on any atom is 0.103 e. The van der Waals surface area contributed by atoms with Crippen molar-refractivity contribution >= 4 is 17.0 Å². The summed E-state index contributed by atoms with van der Waals surface area (Å²) < 4.78 is 0. The van der Waals surface area contributed by atoms with E-state index in [0.717, 1.165) is 32.7 Å². The third-order valence-electron chi connectivity index (χ3n) is 5.57. The number of hydrogen-bond acceptors (Lipinski definition) is 2. The number of hydrogen-bond donors (Lipinski definition) is 1. The van der Waals surface area contributed by atoms with E-state index in [9.17, 15) is 0 Å². The molecule has 1 saturated heterocycles. The number of quaternary nitrogens is 1. The molecule has 1 aliphatic heterocycles. The lowest BCUT2D eigenvalue weighted by Gasteiger charge is -2.30. The van der Waals surface area contributed by atoms with Crippen molar-refractivity contribution in [1.29, 1.82) is 0 Å². The van der Waals surface area contributed by atoms with Crippen LogP contribution in [0, 0.1) is 13.8 Å². The van der Waals surface area contributed by atoms with Crippen molar-refractivity contribution in [3.8, 4) is 0 Å². The van der Waals surface area contributed by atoms with Gasteiger partial charge in [0.2, 0.25) is 0 Å². The van der Waals surface area contributed by atoms with Gasteiger partial charge in [-0.25, -0.2) is 0 Å². The van der Waals surface area contributed by atoms with Gasteiger partial charge in [0.1, 0.15) is 6.54 Å². The lowest BCUT2D eigenvalue weighted by molar-refractivity contribution is -0.918. The number of benzene rings is 3. The fourth-order valence-corrected chi connectivity index (χ4v) is 3.92. The second-order valence-corrected chi connectivity index (χ2v) is 7.62. The Morgan fingerprint density at radius 1 is 0.963 bits per heavy atom. The summed E-state index contributed by atoms with van der Waals surface area (Å²) >= 11 is 0. The quantitative estimate of drug-likeness (QED) is 0.710. The van der Waals surface area contributed by atoms with Crippen LogP contribution in [0.15, 0.2) is 65.8 Å². The first-order chi connectivity index (χ1) is 13.2. The third-order valence-corrected chi connectivity index (χ3v) is 5.57. The molecule has 0 aliphatic carbocycles. The van der Waals surface area contributed by atoms with Gasteiger partial charge in [-0.1, -0.05) is 66.2 Å². The van der Waals surface area contributed by atoms with E-state index in [0.29, 0.717) is 0 Å². The van der Waals surface area contributed by atoms with Crippen LogP contribution in [0.4, 0.5) is 0 Å². The lowest BCUT2D eigenvalue weighted by atomic mass is 10.1. The third kappa shape index (κ3) is 4.20. The summed E-state index contributed by atoms with van der Waals surface area (Å²) in [7, 11) is 0. The molecule has 0 bridgehead atoms. The van der Waals surface area contributed by atoms with Gasteiger partial charge in [-0.05, 0) is 30.2 Å². The first-order valence-corrected chi connectivity index (χ1v) is 9.85. The van der Waals surface area contributed by atoms with Crippen LogP contribution in [-0.2, 0) is 6.54 Å². The van der Waals surface area contributed by atoms with Gasteiger partial charge in [0, 0.05) is 11.1 Å². The lowest BCUT2D eigenvalue weighted by Crippen LogP contribution is -3.13. The van der Waals surface area contributed by atoms with Gasteiger partial charge in [0.15, 0.2) is 0 Å². The fraction of sp³-hybridized carbons (Fsp3) is 0.292. The van der Waals surface area contributed by atoms with Gasteiger partial charge in [0.25, 0.3) is 0 Å². The summed E-state index contributed by atoms with van der Waals surface area (Å²) in [5.41, 5.74) is 5.43. The minimum atomic E-state index is 1.02. The molecule has 0 unspecified atom stereocenters. The topological polar surface area (TPSA) is 20.0 Å². The predicted octanol–water partition coefficient (Wildman–Crippen LogP) is 3.19. The molecule has 0 atom stereocenters. The summed E-state index contributed by atoms with van der Waals surface area (Å²) in [6, 6.07) is 21.7. The minimum Gasteiger partial charge on any atom is -0.328 e. The Morgan fingerprint density at radius 2 is 1.74 bits per heavy atom. The molecule has 4 rings (SSSR count). The van der Waals surface area contributed by atoms with Crippen molar-refractivity contribution in [1.82, 2.24) is 5.01 Å². The van der Waals surface area contributed by atoms with E-state index in [-0.39, 0.29) is 0 Å². The SMILES string of the molecule is Cc1ccc(C[NH+]2CCN(/N=C/c3cccc4ccccc34)CC2)c(C)c1. The van der Waals surface area contributed by atoms with Crippen molar-refractivity contribution in [2.45, 2.75) is 20.4 Å². The van der Waals surface area contributed by atoms with E-state index in [1.165, 1.54) is 33.0 Å². The smallest absolute Gasteiger partial charge is 0.103 e. The molecule has 0 radical (unpaired) electrons. The van der Waals surface area contributed by atoms with Crippen molar-refractivity contribution in [2.75, 3.05) is 26.2 Å². The van der Waals surface area contributed by atoms with E-state index >= 15 is 0 Å². The molecule has 1 heterocycles. The zero-order valence-corrected chi connectivity index (χ0v) is 16.3. The largest absolute Gasteiger partial charge is 0.328 e. The van der Waals surface area contributed by atoms with Crippen molar-refractivity contribution in [3.63, 3.8) is 0 Å². The zero-order chi connectivity index (χ0) is 18.6. The first-order valence-electron chi connectivity index (χ1n) is 9.85. The second-order valence-electron chi connectivity index (χ2n) is 7.62. The van der Waals surface area contributed by atoms with Gasteiger partial charge in [-0.2, -0.15) is 5.10 Å². The van der Waals surface area contributed by atoms with E-state index in [4.69, 9.17) is 5.10 Å². The molecule has 0 amide bonds. The summed E-state index contributed by atoms with van der Waals surface area (Å²) in [5.74, 6) is 0. The maximum atomic E-state index is 4.77. The molecule has 3 nitrogen and oxygen atoms in total. The molecule has 27 heavy (non-hydrogen) atoms. The van der Waals surface area contributed by atoms with Crippen molar-refractivity contribution in [3.05, 3.63) is 82.9 Å². The Balaban J connectivity index is 1.37. The molecule has 3 aromatic rings. The number of nitrogens with one attached hydrogen (secondary N) is 1. The molecule has 0 aromatic heterocycles. The molecule has 3 aromatic carbocycles. The van der Waals surface area contributed by atoms with Gasteiger partial charge >= 0.3 is 0 Å². The Hall–Kier alpha value is -2.65. The number of piperazine rings is 1. The number of aryl methyl sites for hydroxylation is 2. The highest BCUT2D eigenvalue weighted by Crippen LogP contribution is 2.17. The van der Waals surface area contributed by atoms with Gasteiger partial charge in [-0.3, -0.25) is 5.01 Å². The Bertz CT molecular complexity index is 948.